The number of aromatic nitrogens is 1. The zero-order valence-electron chi connectivity index (χ0n) is 23.7. The molecule has 0 bridgehead atoms. The summed E-state index contributed by atoms with van der Waals surface area (Å²) in [7, 11) is 6.76. The summed E-state index contributed by atoms with van der Waals surface area (Å²) in [6.45, 7) is 8.08. The van der Waals surface area contributed by atoms with Crippen molar-refractivity contribution in [2.45, 2.75) is 33.7 Å². The van der Waals surface area contributed by atoms with E-state index in [0.717, 1.165) is 23.0 Å². The first-order valence-corrected chi connectivity index (χ1v) is 12.7. The highest BCUT2D eigenvalue weighted by atomic mass is 16.5. The van der Waals surface area contributed by atoms with Gasteiger partial charge in [0.25, 0.3) is 5.91 Å². The molecule has 0 aliphatic carbocycles. The van der Waals surface area contributed by atoms with Gasteiger partial charge in [0.15, 0.2) is 0 Å². The van der Waals surface area contributed by atoms with Crippen LogP contribution in [0.4, 0.5) is 0 Å². The Kier molecular flexibility index (Phi) is 12.4. The summed E-state index contributed by atoms with van der Waals surface area (Å²) in [5.41, 5.74) is 3.63. The Balaban J connectivity index is 0.000000757. The molecule has 0 aliphatic rings. The quantitative estimate of drug-likeness (QED) is 0.255. The fourth-order valence-corrected chi connectivity index (χ4v) is 3.82. The molecule has 38 heavy (non-hydrogen) atoms. The van der Waals surface area contributed by atoms with Crippen molar-refractivity contribution in [3.8, 4) is 17.2 Å². The summed E-state index contributed by atoms with van der Waals surface area (Å²) in [4.78, 5) is 31.2. The van der Waals surface area contributed by atoms with Gasteiger partial charge in [0.05, 0.1) is 33.4 Å². The highest BCUT2D eigenvalue weighted by Crippen LogP contribution is 2.33. The molecule has 0 fully saturated rings. The van der Waals surface area contributed by atoms with E-state index < -0.39 is 0 Å². The number of aldehydes is 1. The highest BCUT2D eigenvalue weighted by Gasteiger charge is 2.20. The van der Waals surface area contributed by atoms with Gasteiger partial charge in [-0.3, -0.25) is 4.79 Å². The summed E-state index contributed by atoms with van der Waals surface area (Å²) in [5.74, 6) is 1.79. The van der Waals surface area contributed by atoms with Crippen LogP contribution in [0.25, 0.3) is 10.9 Å². The van der Waals surface area contributed by atoms with Crippen molar-refractivity contribution in [1.29, 1.82) is 0 Å². The molecule has 2 aromatic carbocycles. The number of hydrogen-bond donors (Lipinski definition) is 1. The molecule has 1 amide bonds. The van der Waals surface area contributed by atoms with Gasteiger partial charge in [-0.15, -0.1) is 0 Å². The van der Waals surface area contributed by atoms with Crippen LogP contribution in [0.15, 0.2) is 54.1 Å². The van der Waals surface area contributed by atoms with Crippen LogP contribution in [0.2, 0.25) is 0 Å². The third-order valence-electron chi connectivity index (χ3n) is 6.36. The molecule has 0 aliphatic heterocycles. The Morgan fingerprint density at radius 2 is 1.71 bits per heavy atom. The van der Waals surface area contributed by atoms with Gasteiger partial charge in [0.2, 0.25) is 0 Å². The molecular formula is C30H41N3O5. The number of rotatable bonds is 12. The zero-order chi connectivity index (χ0) is 28.1. The predicted molar refractivity (Wildman–Crippen MR) is 152 cm³/mol. The van der Waals surface area contributed by atoms with Gasteiger partial charge < -0.3 is 33.8 Å². The number of carbonyl (C=O) groups is 2. The van der Waals surface area contributed by atoms with Crippen LogP contribution in [-0.2, 0) is 11.3 Å². The maximum absolute atomic E-state index is 13.2. The van der Waals surface area contributed by atoms with Crippen LogP contribution >= 0.6 is 0 Å². The third kappa shape index (κ3) is 8.38. The van der Waals surface area contributed by atoms with Crippen molar-refractivity contribution >= 4 is 23.1 Å². The number of ether oxygens (including phenoxy) is 3. The third-order valence-corrected chi connectivity index (χ3v) is 6.36. The number of benzene rings is 2. The minimum atomic E-state index is -0.257. The molecule has 3 rings (SSSR count). The summed E-state index contributed by atoms with van der Waals surface area (Å²) < 4.78 is 16.1. The van der Waals surface area contributed by atoms with Crippen LogP contribution in [0.3, 0.4) is 0 Å². The first kappa shape index (κ1) is 30.4. The first-order valence-electron chi connectivity index (χ1n) is 12.7. The number of carbonyl (C=O) groups excluding carboxylic acids is 2. The van der Waals surface area contributed by atoms with Crippen molar-refractivity contribution in [2.75, 3.05) is 48.0 Å². The average Bonchev–Trinajstić information content (AvgIpc) is 3.40. The number of likely N-dealkylation sites (N-methyl/N-ethyl adjacent to an activating group) is 1. The smallest absolute Gasteiger partial charge is 0.270 e. The molecule has 1 N–H and O–H groups in total. The van der Waals surface area contributed by atoms with Crippen molar-refractivity contribution in [2.24, 2.45) is 0 Å². The second kappa shape index (κ2) is 15.5. The van der Waals surface area contributed by atoms with Crippen LogP contribution < -0.4 is 14.2 Å². The van der Waals surface area contributed by atoms with Crippen LogP contribution in [0, 0.1) is 0 Å². The van der Waals surface area contributed by atoms with Crippen molar-refractivity contribution < 1.29 is 23.8 Å². The molecule has 0 saturated carbocycles. The predicted octanol–water partition coefficient (Wildman–Crippen LogP) is 5.33. The number of nitrogens with one attached hydrogen (secondary N) is 1. The Bertz CT molecular complexity index is 1180. The second-order valence-electron chi connectivity index (χ2n) is 8.94. The molecule has 8 nitrogen and oxygen atoms in total. The van der Waals surface area contributed by atoms with Gasteiger partial charge in [-0.05, 0) is 63.2 Å². The van der Waals surface area contributed by atoms with Gasteiger partial charge in [-0.25, -0.2) is 0 Å². The molecule has 0 radical (unpaired) electrons. The van der Waals surface area contributed by atoms with E-state index >= 15 is 0 Å². The summed E-state index contributed by atoms with van der Waals surface area (Å²) in [6, 6.07) is 13.2. The lowest BCUT2D eigenvalue weighted by atomic mass is 10.2. The van der Waals surface area contributed by atoms with Crippen LogP contribution in [0.1, 0.15) is 43.2 Å². The van der Waals surface area contributed by atoms with E-state index in [-0.39, 0.29) is 12.5 Å². The number of aromatic amines is 1. The lowest BCUT2D eigenvalue weighted by Crippen LogP contribution is -2.38. The minimum absolute atomic E-state index is 0.00939. The molecule has 0 atom stereocenters. The number of methoxy groups -OCH3 is 3. The Morgan fingerprint density at radius 1 is 1.00 bits per heavy atom. The molecule has 3 aromatic rings. The zero-order valence-corrected chi connectivity index (χ0v) is 23.7. The summed E-state index contributed by atoms with van der Waals surface area (Å²) >= 11 is 0. The van der Waals surface area contributed by atoms with Gasteiger partial charge in [-0.2, -0.15) is 0 Å². The van der Waals surface area contributed by atoms with Crippen molar-refractivity contribution in [1.82, 2.24) is 14.8 Å². The Morgan fingerprint density at radius 3 is 2.29 bits per heavy atom. The van der Waals surface area contributed by atoms with Gasteiger partial charge in [-0.1, -0.05) is 30.7 Å². The normalized spacial score (nSPS) is 11.1. The standard InChI is InChI=1S/C24H29N3O5.C6H12/c1-26(16-17-6-5-7-18(14-17)30-2)10-11-27(12-13-28)24(29)20-15-19-21(31-3)8-9-22(32-4)23(19)25-20;1-4-6(3)5-2/h5-9,13-15,25H,10-12,16H2,1-4H3;4H,5H2,1-3H3/b;6-4+. The molecule has 1 aromatic heterocycles. The van der Waals surface area contributed by atoms with Gasteiger partial charge in [0.1, 0.15) is 29.2 Å². The molecule has 8 heteroatoms. The fraction of sp³-hybridized carbons (Fsp3) is 0.400. The number of nitrogens with zero attached hydrogens (tertiary/aromatic N) is 2. The van der Waals surface area contributed by atoms with E-state index in [2.05, 4.69) is 36.7 Å². The van der Waals surface area contributed by atoms with Crippen molar-refractivity contribution in [3.05, 3.63) is 65.4 Å². The molecule has 0 spiro atoms. The first-order chi connectivity index (χ1) is 18.3. The largest absolute Gasteiger partial charge is 0.497 e. The van der Waals surface area contributed by atoms with E-state index in [1.165, 1.54) is 16.9 Å². The topological polar surface area (TPSA) is 84.1 Å². The maximum atomic E-state index is 13.2. The van der Waals surface area contributed by atoms with Crippen molar-refractivity contribution in [3.63, 3.8) is 0 Å². The SMILES string of the molecule is C/C=C(\C)CC.COc1cccc(CN(C)CCN(CC=O)C(=O)c2cc3c(OC)ccc(OC)c3[nH]2)c1. The van der Waals surface area contributed by atoms with Crippen LogP contribution in [0.5, 0.6) is 17.2 Å². The number of amides is 1. The highest BCUT2D eigenvalue weighted by molar-refractivity contribution is 6.01. The fourth-order valence-electron chi connectivity index (χ4n) is 3.82. The summed E-state index contributed by atoms with van der Waals surface area (Å²) in [6.07, 6.45) is 4.07. The molecule has 1 heterocycles. The number of allylic oxidation sites excluding steroid dienone is 2. The summed E-state index contributed by atoms with van der Waals surface area (Å²) in [5, 5.41) is 0.747. The van der Waals surface area contributed by atoms with Crippen LogP contribution in [-0.4, -0.2) is 75.0 Å². The average molecular weight is 524 g/mol. The second-order valence-corrected chi connectivity index (χ2v) is 8.94. The molecular weight excluding hydrogens is 482 g/mol. The molecule has 0 saturated heterocycles. The van der Waals surface area contributed by atoms with E-state index in [1.54, 1.807) is 39.5 Å². The lowest BCUT2D eigenvalue weighted by molar-refractivity contribution is -0.108. The lowest BCUT2D eigenvalue weighted by Gasteiger charge is -2.24. The van der Waals surface area contributed by atoms with Gasteiger partial charge >= 0.3 is 0 Å². The number of hydrogen-bond acceptors (Lipinski definition) is 6. The van der Waals surface area contributed by atoms with E-state index in [1.807, 2.05) is 31.3 Å². The van der Waals surface area contributed by atoms with E-state index in [0.29, 0.717) is 42.3 Å². The molecule has 0 unspecified atom stereocenters. The Labute approximate surface area is 226 Å². The number of fused-ring (bicyclic) bond motifs is 1. The minimum Gasteiger partial charge on any atom is -0.497 e. The van der Waals surface area contributed by atoms with E-state index in [4.69, 9.17) is 14.2 Å². The molecule has 206 valence electrons. The number of H-pyrrole nitrogens is 1. The maximum Gasteiger partial charge on any atom is 0.270 e. The Hall–Kier alpha value is -3.78. The monoisotopic (exact) mass is 523 g/mol. The van der Waals surface area contributed by atoms with E-state index in [9.17, 15) is 9.59 Å². The van der Waals surface area contributed by atoms with Gasteiger partial charge in [0, 0.05) is 25.0 Å².